The highest BCUT2D eigenvalue weighted by atomic mass is 16.7. The van der Waals surface area contributed by atoms with Crippen LogP contribution in [0.15, 0.2) is 33.5 Å². The van der Waals surface area contributed by atoms with E-state index in [4.69, 9.17) is 18.6 Å². The Morgan fingerprint density at radius 1 is 0.680 bits per heavy atom. The summed E-state index contributed by atoms with van der Waals surface area (Å²) >= 11 is 0. The molecule has 5 atom stereocenters. The largest absolute Gasteiger partial charge is 0.504 e. The molecule has 4 N–H and O–H groups in total. The van der Waals surface area contributed by atoms with E-state index in [0.29, 0.717) is 11.8 Å². The van der Waals surface area contributed by atoms with Gasteiger partial charge >= 0.3 is 11.6 Å². The number of hydrogen-bond donors (Lipinski definition) is 4. The fraction of sp³-hybridized carbons (Fsp3) is 0.750. The first-order valence-corrected chi connectivity index (χ1v) is 19.6. The van der Waals surface area contributed by atoms with Crippen LogP contribution in [0.1, 0.15) is 155 Å². The molecule has 0 amide bonds. The van der Waals surface area contributed by atoms with Gasteiger partial charge in [0, 0.05) is 23.9 Å². The van der Waals surface area contributed by atoms with Crippen LogP contribution in [0.5, 0.6) is 11.5 Å². The van der Waals surface area contributed by atoms with E-state index in [0.717, 1.165) is 12.8 Å². The minimum atomic E-state index is -1.65. The third kappa shape index (κ3) is 15.7. The second kappa shape index (κ2) is 24.5. The molecule has 1 aromatic heterocycles. The lowest BCUT2D eigenvalue weighted by atomic mass is 9.99. The second-order valence-electron chi connectivity index (χ2n) is 14.1. The molecular formula is C40H64O10. The third-order valence-corrected chi connectivity index (χ3v) is 9.76. The Hall–Kier alpha value is -2.66. The molecule has 10 nitrogen and oxygen atoms in total. The zero-order chi connectivity index (χ0) is 36.0. The molecule has 1 aliphatic rings. The number of carbonyl (C=O) groups excluding carboxylic acids is 1. The molecule has 1 saturated heterocycles. The van der Waals surface area contributed by atoms with Crippen LogP contribution in [0.3, 0.4) is 0 Å². The standard InChI is InChI=1S/C40H64O10/c1-2-3-4-5-6-7-8-9-10-11-12-13-14-15-16-17-18-19-20-21-22-23-24-35(42)47-29-34-37(44)38(45)39(46)40(50-34)49-33-27-30-25-26-36(43)48-32(30)28-31(33)41/h25-28,34,37-41,44-46H,2-24,29H2,1H3/t34-,37-,38+,39-,40+/m1/s1. The summed E-state index contributed by atoms with van der Waals surface area (Å²) in [5.41, 5.74) is -0.444. The molecule has 2 heterocycles. The van der Waals surface area contributed by atoms with Crippen LogP contribution >= 0.6 is 0 Å². The lowest BCUT2D eigenvalue weighted by Crippen LogP contribution is -2.60. The van der Waals surface area contributed by atoms with Gasteiger partial charge < -0.3 is 39.1 Å². The molecule has 0 radical (unpaired) electrons. The van der Waals surface area contributed by atoms with Crippen molar-refractivity contribution in [2.45, 2.75) is 185 Å². The Morgan fingerprint density at radius 2 is 1.18 bits per heavy atom. The van der Waals surface area contributed by atoms with Crippen LogP contribution in [0.4, 0.5) is 0 Å². The zero-order valence-electron chi connectivity index (χ0n) is 30.4. The van der Waals surface area contributed by atoms with Crippen LogP contribution in [-0.4, -0.2) is 63.7 Å². The monoisotopic (exact) mass is 704 g/mol. The number of unbranched alkanes of at least 4 members (excludes halogenated alkanes) is 21. The van der Waals surface area contributed by atoms with Crippen molar-refractivity contribution in [1.29, 1.82) is 0 Å². The number of aliphatic hydroxyl groups excluding tert-OH is 3. The van der Waals surface area contributed by atoms with E-state index in [-0.39, 0.29) is 30.1 Å². The predicted octanol–water partition coefficient (Wildman–Crippen LogP) is 8.22. The quantitative estimate of drug-likeness (QED) is 0.0406. The molecule has 2 aromatic rings. The number of esters is 1. The maximum absolute atomic E-state index is 12.3. The highest BCUT2D eigenvalue weighted by molar-refractivity contribution is 5.80. The molecule has 1 aliphatic heterocycles. The van der Waals surface area contributed by atoms with Gasteiger partial charge in [0.05, 0.1) is 0 Å². The van der Waals surface area contributed by atoms with Gasteiger partial charge in [-0.1, -0.05) is 142 Å². The molecule has 1 aromatic carbocycles. The lowest BCUT2D eigenvalue weighted by molar-refractivity contribution is -0.278. The van der Waals surface area contributed by atoms with Crippen molar-refractivity contribution in [3.05, 3.63) is 34.7 Å². The molecule has 0 spiro atoms. The summed E-state index contributed by atoms with van der Waals surface area (Å²) < 4.78 is 21.6. The van der Waals surface area contributed by atoms with Crippen LogP contribution in [0, 0.1) is 0 Å². The van der Waals surface area contributed by atoms with E-state index in [1.807, 2.05) is 0 Å². The molecule has 284 valence electrons. The molecule has 1 fully saturated rings. The maximum atomic E-state index is 12.3. The average molecular weight is 705 g/mol. The van der Waals surface area contributed by atoms with Gasteiger partial charge in [0.25, 0.3) is 0 Å². The minimum Gasteiger partial charge on any atom is -0.504 e. The fourth-order valence-corrected chi connectivity index (χ4v) is 6.58. The third-order valence-electron chi connectivity index (χ3n) is 9.76. The molecule has 0 saturated carbocycles. The van der Waals surface area contributed by atoms with E-state index in [1.54, 1.807) is 0 Å². The summed E-state index contributed by atoms with van der Waals surface area (Å²) in [4.78, 5) is 23.8. The van der Waals surface area contributed by atoms with Gasteiger partial charge in [-0.2, -0.15) is 0 Å². The topological polar surface area (TPSA) is 156 Å². The Kier molecular flexibility index (Phi) is 20.5. The molecular weight excluding hydrogens is 640 g/mol. The Morgan fingerprint density at radius 3 is 1.70 bits per heavy atom. The highest BCUT2D eigenvalue weighted by Gasteiger charge is 2.45. The minimum absolute atomic E-state index is 0.0974. The molecule has 50 heavy (non-hydrogen) atoms. The van der Waals surface area contributed by atoms with Crippen LogP contribution < -0.4 is 10.4 Å². The van der Waals surface area contributed by atoms with Crippen molar-refractivity contribution in [2.24, 2.45) is 0 Å². The van der Waals surface area contributed by atoms with E-state index >= 15 is 0 Å². The van der Waals surface area contributed by atoms with Gasteiger partial charge in [-0.15, -0.1) is 0 Å². The molecule has 3 rings (SSSR count). The van der Waals surface area contributed by atoms with Crippen molar-refractivity contribution in [3.8, 4) is 11.5 Å². The van der Waals surface area contributed by atoms with E-state index in [9.17, 15) is 30.0 Å². The van der Waals surface area contributed by atoms with Gasteiger partial charge in [-0.3, -0.25) is 4.79 Å². The van der Waals surface area contributed by atoms with Crippen LogP contribution in [0.2, 0.25) is 0 Å². The van der Waals surface area contributed by atoms with Gasteiger partial charge in [0.1, 0.15) is 36.6 Å². The highest BCUT2D eigenvalue weighted by Crippen LogP contribution is 2.34. The average Bonchev–Trinajstić information content (AvgIpc) is 3.10. The number of carbonyl (C=O) groups is 1. The van der Waals surface area contributed by atoms with Gasteiger partial charge in [0.2, 0.25) is 6.29 Å². The van der Waals surface area contributed by atoms with Crippen LogP contribution in [-0.2, 0) is 14.3 Å². The molecule has 0 bridgehead atoms. The van der Waals surface area contributed by atoms with Crippen molar-refractivity contribution in [1.82, 2.24) is 0 Å². The van der Waals surface area contributed by atoms with Crippen molar-refractivity contribution in [2.75, 3.05) is 6.61 Å². The number of benzene rings is 1. The summed E-state index contributed by atoms with van der Waals surface area (Å²) in [5, 5.41) is 42.0. The van der Waals surface area contributed by atoms with Crippen LogP contribution in [0.25, 0.3) is 11.0 Å². The van der Waals surface area contributed by atoms with Gasteiger partial charge in [0.15, 0.2) is 11.5 Å². The SMILES string of the molecule is CCCCCCCCCCCCCCCCCCCCCCCCC(=O)OC[C@H]1O[C@H](Oc2cc3ccc(=O)oc3cc2O)[C@H](O)[C@@H](O)[C@@H]1O. The maximum Gasteiger partial charge on any atom is 0.336 e. The molecule has 0 unspecified atom stereocenters. The van der Waals surface area contributed by atoms with Crippen molar-refractivity contribution >= 4 is 16.9 Å². The second-order valence-corrected chi connectivity index (χ2v) is 14.1. The van der Waals surface area contributed by atoms with E-state index < -0.39 is 42.3 Å². The number of rotatable bonds is 27. The van der Waals surface area contributed by atoms with Crippen molar-refractivity contribution in [3.63, 3.8) is 0 Å². The van der Waals surface area contributed by atoms with Gasteiger partial charge in [-0.05, 0) is 18.6 Å². The number of phenols is 1. The summed E-state index contributed by atoms with van der Waals surface area (Å²) in [7, 11) is 0. The fourth-order valence-electron chi connectivity index (χ4n) is 6.58. The smallest absolute Gasteiger partial charge is 0.336 e. The Balaban J connectivity index is 1.16. The van der Waals surface area contributed by atoms with Gasteiger partial charge in [-0.25, -0.2) is 4.79 Å². The zero-order valence-corrected chi connectivity index (χ0v) is 30.4. The number of phenolic OH excluding ortho intramolecular Hbond substituents is 1. The normalized spacial score (nSPS) is 20.7. The predicted molar refractivity (Wildman–Crippen MR) is 194 cm³/mol. The van der Waals surface area contributed by atoms with Crippen molar-refractivity contribution < 1.29 is 43.8 Å². The Bertz CT molecular complexity index is 1260. The number of ether oxygens (including phenoxy) is 3. The lowest BCUT2D eigenvalue weighted by Gasteiger charge is -2.39. The summed E-state index contributed by atoms with van der Waals surface area (Å²) in [6.45, 7) is 1.94. The first-order chi connectivity index (χ1) is 24.3. The number of fused-ring (bicyclic) bond motifs is 1. The summed E-state index contributed by atoms with van der Waals surface area (Å²) in [6.07, 6.45) is 21.4. The van der Waals surface area contributed by atoms with E-state index in [2.05, 4.69) is 6.92 Å². The summed E-state index contributed by atoms with van der Waals surface area (Å²) in [5.74, 6) is -0.910. The molecule has 10 heteroatoms. The molecule has 0 aliphatic carbocycles. The number of aliphatic hydroxyl groups is 3. The number of aromatic hydroxyl groups is 1. The first-order valence-electron chi connectivity index (χ1n) is 19.6. The number of hydrogen-bond acceptors (Lipinski definition) is 10. The first kappa shape index (κ1) is 41.8. The summed E-state index contributed by atoms with van der Waals surface area (Å²) in [6, 6.07) is 5.27. The van der Waals surface area contributed by atoms with E-state index in [1.165, 1.54) is 146 Å². The Labute approximate surface area is 298 Å².